The van der Waals surface area contributed by atoms with Gasteiger partial charge in [0.1, 0.15) is 11.9 Å². The number of imidazole rings is 1. The van der Waals surface area contributed by atoms with E-state index in [-0.39, 0.29) is 5.69 Å². The van der Waals surface area contributed by atoms with Crippen molar-refractivity contribution < 1.29 is 24.5 Å². The van der Waals surface area contributed by atoms with E-state index in [2.05, 4.69) is 4.98 Å². The second-order valence-corrected chi connectivity index (χ2v) is 4.49. The molecule has 1 unspecified atom stereocenters. The Bertz CT molecular complexity index is 508. The van der Waals surface area contributed by atoms with Crippen molar-refractivity contribution >= 4 is 11.9 Å². The van der Waals surface area contributed by atoms with E-state index in [1.807, 2.05) is 0 Å². The van der Waals surface area contributed by atoms with Crippen LogP contribution in [0.5, 0.6) is 0 Å². The molecule has 0 aromatic carbocycles. The van der Waals surface area contributed by atoms with Crippen LogP contribution in [0, 0.1) is 0 Å². The predicted octanol–water partition coefficient (Wildman–Crippen LogP) is 0.732. The molecule has 7 heteroatoms. The Morgan fingerprint density at radius 2 is 2.21 bits per heavy atom. The first-order chi connectivity index (χ1) is 9.06. The van der Waals surface area contributed by atoms with E-state index in [0.29, 0.717) is 43.8 Å². The number of nitrogens with zero attached hydrogens (tertiary/aromatic N) is 2. The van der Waals surface area contributed by atoms with Gasteiger partial charge < -0.3 is 19.5 Å². The molecule has 2 N–H and O–H groups in total. The van der Waals surface area contributed by atoms with Gasteiger partial charge >= 0.3 is 11.9 Å². The van der Waals surface area contributed by atoms with E-state index in [1.54, 1.807) is 4.57 Å². The molecule has 19 heavy (non-hydrogen) atoms. The van der Waals surface area contributed by atoms with E-state index < -0.39 is 18.0 Å². The van der Waals surface area contributed by atoms with Gasteiger partial charge in [-0.25, -0.2) is 14.6 Å². The molecule has 104 valence electrons. The Morgan fingerprint density at radius 1 is 1.47 bits per heavy atom. The normalized spacial score (nSPS) is 18.1. The van der Waals surface area contributed by atoms with Crippen LogP contribution in [-0.4, -0.2) is 45.4 Å². The second kappa shape index (κ2) is 5.40. The zero-order valence-corrected chi connectivity index (χ0v) is 10.6. The second-order valence-electron chi connectivity index (χ2n) is 4.49. The zero-order valence-electron chi connectivity index (χ0n) is 10.6. The van der Waals surface area contributed by atoms with E-state index in [1.165, 1.54) is 7.11 Å². The highest BCUT2D eigenvalue weighted by molar-refractivity contribution is 5.87. The average Bonchev–Trinajstić information content (AvgIpc) is 2.75. The number of carbonyl (C=O) groups is 2. The number of fused-ring (bicyclic) bond motifs is 1. The molecule has 1 atom stereocenters. The van der Waals surface area contributed by atoms with Gasteiger partial charge in [-0.3, -0.25) is 0 Å². The van der Waals surface area contributed by atoms with Gasteiger partial charge in [0.15, 0.2) is 5.69 Å². The maximum atomic E-state index is 11.3. The highest BCUT2D eigenvalue weighted by Gasteiger charge is 2.32. The highest BCUT2D eigenvalue weighted by Crippen LogP contribution is 2.29. The topological polar surface area (TPSA) is 102 Å². The molecule has 0 saturated carbocycles. The fraction of sp³-hybridized carbons (Fsp3) is 0.583. The van der Waals surface area contributed by atoms with Crippen LogP contribution in [0.2, 0.25) is 0 Å². The standard InChI is InChI=1S/C12H16N2O5/c1-19-6-5-9-13-10(12(17)18)7-3-2-4-8(11(15)16)14(7)9/h8H,2-6H2,1H3,(H,15,16)(H,17,18). The SMILES string of the molecule is COCCc1nc(C(=O)O)c2n1C(C(=O)O)CCC2. The summed E-state index contributed by atoms with van der Waals surface area (Å²) < 4.78 is 6.52. The smallest absolute Gasteiger partial charge is 0.356 e. The summed E-state index contributed by atoms with van der Waals surface area (Å²) in [7, 11) is 1.53. The van der Waals surface area contributed by atoms with Crippen LogP contribution in [0.15, 0.2) is 0 Å². The molecule has 1 aromatic rings. The summed E-state index contributed by atoms with van der Waals surface area (Å²) in [5, 5.41) is 18.4. The minimum absolute atomic E-state index is 0.0305. The quantitative estimate of drug-likeness (QED) is 0.816. The molecule has 0 amide bonds. The first-order valence-corrected chi connectivity index (χ1v) is 6.11. The molecule has 1 aliphatic heterocycles. The van der Waals surface area contributed by atoms with Crippen molar-refractivity contribution in [3.63, 3.8) is 0 Å². The fourth-order valence-electron chi connectivity index (χ4n) is 2.49. The van der Waals surface area contributed by atoms with Gasteiger partial charge in [-0.2, -0.15) is 0 Å². The largest absolute Gasteiger partial charge is 0.480 e. The lowest BCUT2D eigenvalue weighted by Gasteiger charge is -2.24. The summed E-state index contributed by atoms with van der Waals surface area (Å²) >= 11 is 0. The first-order valence-electron chi connectivity index (χ1n) is 6.11. The molecule has 0 aliphatic carbocycles. The fourth-order valence-corrected chi connectivity index (χ4v) is 2.49. The van der Waals surface area contributed by atoms with Crippen molar-refractivity contribution in [2.75, 3.05) is 13.7 Å². The Kier molecular flexibility index (Phi) is 3.84. The number of aromatic carboxylic acids is 1. The summed E-state index contributed by atoms with van der Waals surface area (Å²) in [4.78, 5) is 26.6. The third-order valence-corrected chi connectivity index (χ3v) is 3.30. The van der Waals surface area contributed by atoms with Gasteiger partial charge in [0.05, 0.1) is 12.3 Å². The Hall–Kier alpha value is -1.89. The third-order valence-electron chi connectivity index (χ3n) is 3.30. The lowest BCUT2D eigenvalue weighted by Crippen LogP contribution is -2.27. The van der Waals surface area contributed by atoms with Gasteiger partial charge in [-0.05, 0) is 19.3 Å². The van der Waals surface area contributed by atoms with E-state index in [4.69, 9.17) is 9.84 Å². The molecule has 2 heterocycles. The van der Waals surface area contributed by atoms with Crippen molar-refractivity contribution in [1.29, 1.82) is 0 Å². The highest BCUT2D eigenvalue weighted by atomic mass is 16.5. The van der Waals surface area contributed by atoms with Gasteiger partial charge in [-0.1, -0.05) is 0 Å². The van der Waals surface area contributed by atoms with Crippen LogP contribution in [0.25, 0.3) is 0 Å². The van der Waals surface area contributed by atoms with Crippen LogP contribution in [0.3, 0.4) is 0 Å². The monoisotopic (exact) mass is 268 g/mol. The average molecular weight is 268 g/mol. The van der Waals surface area contributed by atoms with Crippen molar-refractivity contribution in [3.8, 4) is 0 Å². The molecule has 1 aromatic heterocycles. The minimum atomic E-state index is -1.11. The van der Waals surface area contributed by atoms with Gasteiger partial charge in [0.2, 0.25) is 0 Å². The number of rotatable bonds is 5. The molecule has 2 rings (SSSR count). The van der Waals surface area contributed by atoms with Crippen LogP contribution in [0.4, 0.5) is 0 Å². The van der Waals surface area contributed by atoms with E-state index >= 15 is 0 Å². The van der Waals surface area contributed by atoms with Crippen LogP contribution >= 0.6 is 0 Å². The van der Waals surface area contributed by atoms with Gasteiger partial charge in [0, 0.05) is 13.5 Å². The number of hydrogen-bond acceptors (Lipinski definition) is 4. The summed E-state index contributed by atoms with van der Waals surface area (Å²) in [5.41, 5.74) is 0.481. The predicted molar refractivity (Wildman–Crippen MR) is 64.4 cm³/mol. The third kappa shape index (κ3) is 2.46. The van der Waals surface area contributed by atoms with Crippen LogP contribution < -0.4 is 0 Å². The number of methoxy groups -OCH3 is 1. The van der Waals surface area contributed by atoms with Crippen LogP contribution in [0.1, 0.15) is 40.9 Å². The number of carboxylic acid groups (broad SMARTS) is 2. The van der Waals surface area contributed by atoms with Crippen molar-refractivity contribution in [1.82, 2.24) is 9.55 Å². The molecule has 0 bridgehead atoms. The molecule has 0 saturated heterocycles. The number of aliphatic carboxylic acids is 1. The number of carboxylic acids is 2. The van der Waals surface area contributed by atoms with E-state index in [0.717, 1.165) is 0 Å². The molecule has 0 radical (unpaired) electrons. The zero-order chi connectivity index (χ0) is 14.0. The number of aromatic nitrogens is 2. The maximum absolute atomic E-state index is 11.3. The summed E-state index contributed by atoms with van der Waals surface area (Å²) in [5.74, 6) is -1.59. The molecule has 0 spiro atoms. The number of hydrogen-bond donors (Lipinski definition) is 2. The summed E-state index contributed by atoms with van der Waals surface area (Å²) in [6.45, 7) is 0.377. The molecule has 1 aliphatic rings. The molecule has 7 nitrogen and oxygen atoms in total. The molecular formula is C12H16N2O5. The maximum Gasteiger partial charge on any atom is 0.356 e. The lowest BCUT2D eigenvalue weighted by molar-refractivity contribution is -0.141. The molecular weight excluding hydrogens is 252 g/mol. The minimum Gasteiger partial charge on any atom is -0.480 e. The van der Waals surface area contributed by atoms with E-state index in [9.17, 15) is 14.7 Å². The van der Waals surface area contributed by atoms with Crippen molar-refractivity contribution in [2.45, 2.75) is 31.7 Å². The summed E-state index contributed by atoms with van der Waals surface area (Å²) in [6, 6.07) is -0.726. The number of ether oxygens (including phenoxy) is 1. The van der Waals surface area contributed by atoms with Crippen molar-refractivity contribution in [3.05, 3.63) is 17.2 Å². The van der Waals surface area contributed by atoms with Gasteiger partial charge in [-0.15, -0.1) is 0 Å². The Balaban J connectivity index is 2.49. The lowest BCUT2D eigenvalue weighted by atomic mass is 10.0. The Labute approximate surface area is 109 Å². The molecule has 0 fully saturated rings. The van der Waals surface area contributed by atoms with Gasteiger partial charge in [0.25, 0.3) is 0 Å². The summed E-state index contributed by atoms with van der Waals surface area (Å²) in [6.07, 6.45) is 2.11. The van der Waals surface area contributed by atoms with Crippen molar-refractivity contribution in [2.24, 2.45) is 0 Å². The first kappa shape index (κ1) is 13.5. The van der Waals surface area contributed by atoms with Crippen LogP contribution in [-0.2, 0) is 22.4 Å². The Morgan fingerprint density at radius 3 is 2.79 bits per heavy atom.